The summed E-state index contributed by atoms with van der Waals surface area (Å²) in [5.74, 6) is -0.780. The Morgan fingerprint density at radius 3 is 2.79 bits per heavy atom. The summed E-state index contributed by atoms with van der Waals surface area (Å²) in [6.07, 6.45) is 4.53. The fraction of sp³-hybridized carbons (Fsp3) is 0.227. The summed E-state index contributed by atoms with van der Waals surface area (Å²) in [6, 6.07) is 11.3. The van der Waals surface area contributed by atoms with E-state index >= 15 is 0 Å². The fourth-order valence-corrected chi connectivity index (χ4v) is 3.23. The van der Waals surface area contributed by atoms with Crippen LogP contribution < -0.4 is 5.32 Å². The normalized spacial score (nSPS) is 11.3. The van der Waals surface area contributed by atoms with E-state index in [0.717, 1.165) is 16.8 Å². The van der Waals surface area contributed by atoms with Gasteiger partial charge in [-0.2, -0.15) is 0 Å². The number of imidazole rings is 1. The van der Waals surface area contributed by atoms with Crippen molar-refractivity contribution in [3.63, 3.8) is 0 Å². The zero-order chi connectivity index (χ0) is 21.0. The van der Waals surface area contributed by atoms with E-state index in [1.165, 1.54) is 12.2 Å². The van der Waals surface area contributed by atoms with Gasteiger partial charge in [0.15, 0.2) is 11.8 Å². The first-order valence-electron chi connectivity index (χ1n) is 9.23. The van der Waals surface area contributed by atoms with Crippen LogP contribution in [-0.4, -0.2) is 27.9 Å². The van der Waals surface area contributed by atoms with Crippen LogP contribution in [-0.2, 0) is 14.3 Å². The Morgan fingerprint density at radius 1 is 1.24 bits per heavy atom. The Balaban J connectivity index is 1.62. The van der Waals surface area contributed by atoms with Crippen molar-refractivity contribution < 1.29 is 14.3 Å². The minimum Gasteiger partial charge on any atom is -0.452 e. The van der Waals surface area contributed by atoms with Crippen molar-refractivity contribution in [2.75, 3.05) is 11.9 Å². The zero-order valence-corrected chi connectivity index (χ0v) is 17.2. The molecule has 0 aliphatic carbocycles. The fourth-order valence-electron chi connectivity index (χ4n) is 2.98. The molecule has 1 aromatic carbocycles. The number of ether oxygens (including phenoxy) is 1. The number of benzene rings is 1. The third kappa shape index (κ3) is 4.84. The lowest BCUT2D eigenvalue weighted by molar-refractivity contribution is -0.142. The van der Waals surface area contributed by atoms with Crippen LogP contribution in [0.25, 0.3) is 11.7 Å². The summed E-state index contributed by atoms with van der Waals surface area (Å²) >= 11 is 6.12. The maximum Gasteiger partial charge on any atom is 0.331 e. The number of rotatable bonds is 6. The summed E-state index contributed by atoms with van der Waals surface area (Å²) in [7, 11) is 0. The van der Waals surface area contributed by atoms with Crippen molar-refractivity contribution in [1.29, 1.82) is 0 Å². The summed E-state index contributed by atoms with van der Waals surface area (Å²) in [5, 5.41) is 3.12. The van der Waals surface area contributed by atoms with Crippen LogP contribution in [0.1, 0.15) is 36.6 Å². The lowest BCUT2D eigenvalue weighted by atomic mass is 9.98. The molecule has 1 amide bonds. The lowest BCUT2D eigenvalue weighted by Gasteiger charge is -2.16. The van der Waals surface area contributed by atoms with Gasteiger partial charge < -0.3 is 10.1 Å². The zero-order valence-electron chi connectivity index (χ0n) is 16.5. The first kappa shape index (κ1) is 20.6. The standard InChI is InChI=1S/C22H22ClN3O3/c1-14(2)16-8-6-7-15(3)21(16)25-19(27)13-29-20(28)11-10-17-22(23)24-18-9-4-5-12-26(17)18/h4-12,14H,13H2,1-3H3,(H,25,27)/b11-10+. The van der Waals surface area contributed by atoms with Gasteiger partial charge in [-0.15, -0.1) is 0 Å². The Morgan fingerprint density at radius 2 is 2.03 bits per heavy atom. The summed E-state index contributed by atoms with van der Waals surface area (Å²) in [4.78, 5) is 28.5. The number of aromatic nitrogens is 2. The molecule has 7 heteroatoms. The molecule has 2 heterocycles. The average Bonchev–Trinajstić information content (AvgIpc) is 3.01. The number of pyridine rings is 1. The molecule has 6 nitrogen and oxygen atoms in total. The molecule has 3 rings (SSSR count). The van der Waals surface area contributed by atoms with Crippen molar-refractivity contribution in [1.82, 2.24) is 9.38 Å². The van der Waals surface area contributed by atoms with Crippen LogP contribution in [0.5, 0.6) is 0 Å². The van der Waals surface area contributed by atoms with E-state index in [-0.39, 0.29) is 17.7 Å². The van der Waals surface area contributed by atoms with Crippen LogP contribution in [0, 0.1) is 6.92 Å². The van der Waals surface area contributed by atoms with Crippen LogP contribution in [0.3, 0.4) is 0 Å². The molecule has 0 saturated heterocycles. The largest absolute Gasteiger partial charge is 0.452 e. The highest BCUT2D eigenvalue weighted by Crippen LogP contribution is 2.27. The Hall–Kier alpha value is -3.12. The second kappa shape index (κ2) is 8.92. The van der Waals surface area contributed by atoms with Gasteiger partial charge >= 0.3 is 5.97 Å². The molecule has 1 N–H and O–H groups in total. The number of nitrogens with zero attached hydrogens (tertiary/aromatic N) is 2. The molecule has 0 fully saturated rings. The van der Waals surface area contributed by atoms with E-state index < -0.39 is 11.9 Å². The molecule has 29 heavy (non-hydrogen) atoms. The number of hydrogen-bond donors (Lipinski definition) is 1. The molecule has 3 aromatic rings. The quantitative estimate of drug-likeness (QED) is 0.474. The molecule has 0 aliphatic heterocycles. The predicted molar refractivity (Wildman–Crippen MR) is 114 cm³/mol. The molecule has 0 atom stereocenters. The van der Waals surface area contributed by atoms with E-state index in [1.54, 1.807) is 10.6 Å². The van der Waals surface area contributed by atoms with E-state index in [2.05, 4.69) is 24.1 Å². The maximum atomic E-state index is 12.3. The number of carbonyl (C=O) groups excluding carboxylic acids is 2. The number of fused-ring (bicyclic) bond motifs is 1. The van der Waals surface area contributed by atoms with Crippen LogP contribution in [0.2, 0.25) is 5.15 Å². The lowest BCUT2D eigenvalue weighted by Crippen LogP contribution is -2.21. The monoisotopic (exact) mass is 411 g/mol. The van der Waals surface area contributed by atoms with Gasteiger partial charge in [0.05, 0.1) is 5.69 Å². The van der Waals surface area contributed by atoms with Crippen molar-refractivity contribution in [2.45, 2.75) is 26.7 Å². The maximum absolute atomic E-state index is 12.3. The summed E-state index contributed by atoms with van der Waals surface area (Å²) in [5.41, 5.74) is 3.98. The van der Waals surface area contributed by atoms with E-state index in [9.17, 15) is 9.59 Å². The number of amides is 1. The Kier molecular flexibility index (Phi) is 6.34. The van der Waals surface area contributed by atoms with E-state index in [1.807, 2.05) is 43.3 Å². The third-order valence-electron chi connectivity index (χ3n) is 4.44. The number of aryl methyl sites for hydroxylation is 1. The molecule has 0 bridgehead atoms. The predicted octanol–water partition coefficient (Wildman–Crippen LogP) is 4.61. The number of esters is 1. The van der Waals surface area contributed by atoms with Crippen molar-refractivity contribution in [3.05, 3.63) is 70.6 Å². The topological polar surface area (TPSA) is 72.7 Å². The number of hydrogen-bond acceptors (Lipinski definition) is 4. The molecule has 150 valence electrons. The highest BCUT2D eigenvalue weighted by molar-refractivity contribution is 6.31. The molecule has 2 aromatic heterocycles. The van der Waals surface area contributed by atoms with E-state index in [0.29, 0.717) is 11.3 Å². The Bertz CT molecular complexity index is 1090. The minimum absolute atomic E-state index is 0.255. The number of nitrogens with one attached hydrogen (secondary N) is 1. The average molecular weight is 412 g/mol. The van der Waals surface area contributed by atoms with Crippen molar-refractivity contribution in [2.24, 2.45) is 0 Å². The Labute approximate surface area is 174 Å². The van der Waals surface area contributed by atoms with Crippen molar-refractivity contribution >= 4 is 40.9 Å². The summed E-state index contributed by atoms with van der Waals surface area (Å²) in [6.45, 7) is 5.66. The highest BCUT2D eigenvalue weighted by Gasteiger charge is 2.13. The molecule has 0 unspecified atom stereocenters. The smallest absolute Gasteiger partial charge is 0.331 e. The van der Waals surface area contributed by atoms with Gasteiger partial charge in [-0.25, -0.2) is 9.78 Å². The number of carbonyl (C=O) groups is 2. The second-order valence-corrected chi connectivity index (χ2v) is 7.26. The van der Waals surface area contributed by atoms with Gasteiger partial charge in [0.25, 0.3) is 5.91 Å². The molecule has 0 aliphatic rings. The number of anilines is 1. The first-order valence-corrected chi connectivity index (χ1v) is 9.61. The van der Waals surface area contributed by atoms with Gasteiger partial charge in [-0.05, 0) is 42.2 Å². The van der Waals surface area contributed by atoms with Gasteiger partial charge in [0.2, 0.25) is 0 Å². The SMILES string of the molecule is Cc1cccc(C(C)C)c1NC(=O)COC(=O)/C=C/c1c(Cl)nc2ccccn12. The summed E-state index contributed by atoms with van der Waals surface area (Å²) < 4.78 is 6.81. The molecule has 0 spiro atoms. The van der Waals surface area contributed by atoms with Crippen LogP contribution >= 0.6 is 11.6 Å². The second-order valence-electron chi connectivity index (χ2n) is 6.90. The first-order chi connectivity index (χ1) is 13.9. The van der Waals surface area contributed by atoms with Gasteiger partial charge in [0.1, 0.15) is 5.65 Å². The van der Waals surface area contributed by atoms with Crippen LogP contribution in [0.4, 0.5) is 5.69 Å². The number of para-hydroxylation sites is 1. The van der Waals surface area contributed by atoms with Crippen LogP contribution in [0.15, 0.2) is 48.7 Å². The van der Waals surface area contributed by atoms with Crippen molar-refractivity contribution in [3.8, 4) is 0 Å². The highest BCUT2D eigenvalue weighted by atomic mass is 35.5. The van der Waals surface area contributed by atoms with Gasteiger partial charge in [-0.3, -0.25) is 9.20 Å². The molecule has 0 saturated carbocycles. The number of halogens is 1. The molecular weight excluding hydrogens is 390 g/mol. The minimum atomic E-state index is -0.643. The third-order valence-corrected chi connectivity index (χ3v) is 4.71. The van der Waals surface area contributed by atoms with E-state index in [4.69, 9.17) is 16.3 Å². The van der Waals surface area contributed by atoms with Gasteiger partial charge in [-0.1, -0.05) is 49.7 Å². The van der Waals surface area contributed by atoms with Gasteiger partial charge in [0, 0.05) is 18.0 Å². The molecular formula is C22H22ClN3O3. The molecule has 0 radical (unpaired) electrons.